The Morgan fingerprint density at radius 2 is 1.94 bits per heavy atom. The Labute approximate surface area is 111 Å². The van der Waals surface area contributed by atoms with Gasteiger partial charge in [-0.1, -0.05) is 46.0 Å². The lowest BCUT2D eigenvalue weighted by Gasteiger charge is -2.32. The Morgan fingerprint density at radius 1 is 1.33 bits per heavy atom. The van der Waals surface area contributed by atoms with Crippen LogP contribution in [-0.4, -0.2) is 17.1 Å². The van der Waals surface area contributed by atoms with E-state index in [1.54, 1.807) is 0 Å². The van der Waals surface area contributed by atoms with Crippen LogP contribution in [-0.2, 0) is 4.79 Å². The SMILES string of the molecule is CCCC(C)C[C@H](N)C(C(=O)O)C1CCCCC1. The molecular formula is C15H29NO2. The van der Waals surface area contributed by atoms with E-state index in [4.69, 9.17) is 5.73 Å². The Morgan fingerprint density at radius 3 is 2.44 bits per heavy atom. The van der Waals surface area contributed by atoms with E-state index in [1.165, 1.54) is 19.3 Å². The van der Waals surface area contributed by atoms with Gasteiger partial charge >= 0.3 is 5.97 Å². The lowest BCUT2D eigenvalue weighted by molar-refractivity contribution is -0.145. The summed E-state index contributed by atoms with van der Waals surface area (Å²) in [6.45, 7) is 4.35. The number of carboxylic acid groups (broad SMARTS) is 1. The van der Waals surface area contributed by atoms with Crippen LogP contribution < -0.4 is 5.73 Å². The maximum absolute atomic E-state index is 11.5. The molecule has 3 N–H and O–H groups in total. The van der Waals surface area contributed by atoms with Crippen molar-refractivity contribution in [1.82, 2.24) is 0 Å². The zero-order valence-corrected chi connectivity index (χ0v) is 11.9. The Kier molecular flexibility index (Phi) is 6.69. The molecule has 1 aliphatic carbocycles. The molecule has 18 heavy (non-hydrogen) atoms. The fourth-order valence-electron chi connectivity index (χ4n) is 3.45. The third kappa shape index (κ3) is 4.60. The maximum Gasteiger partial charge on any atom is 0.308 e. The first-order valence-corrected chi connectivity index (χ1v) is 7.54. The summed E-state index contributed by atoms with van der Waals surface area (Å²) in [7, 11) is 0. The molecular weight excluding hydrogens is 226 g/mol. The third-order valence-corrected chi connectivity index (χ3v) is 4.36. The van der Waals surface area contributed by atoms with Crippen LogP contribution in [0.25, 0.3) is 0 Å². The zero-order chi connectivity index (χ0) is 13.5. The van der Waals surface area contributed by atoms with Crippen molar-refractivity contribution >= 4 is 5.97 Å². The third-order valence-electron chi connectivity index (χ3n) is 4.36. The van der Waals surface area contributed by atoms with E-state index in [0.29, 0.717) is 11.8 Å². The molecule has 0 amide bonds. The first-order chi connectivity index (χ1) is 8.56. The minimum absolute atomic E-state index is 0.174. The second-order valence-electron chi connectivity index (χ2n) is 6.06. The fourth-order valence-corrected chi connectivity index (χ4v) is 3.45. The Balaban J connectivity index is 2.56. The van der Waals surface area contributed by atoms with Crippen molar-refractivity contribution in [3.63, 3.8) is 0 Å². The van der Waals surface area contributed by atoms with Crippen LogP contribution in [0.15, 0.2) is 0 Å². The van der Waals surface area contributed by atoms with Crippen molar-refractivity contribution in [2.24, 2.45) is 23.5 Å². The summed E-state index contributed by atoms with van der Waals surface area (Å²) in [6, 6.07) is -0.174. The van der Waals surface area contributed by atoms with Gasteiger partial charge in [0.15, 0.2) is 0 Å². The zero-order valence-electron chi connectivity index (χ0n) is 11.9. The number of hydrogen-bond acceptors (Lipinski definition) is 2. The molecule has 1 fully saturated rings. The molecule has 0 aromatic carbocycles. The van der Waals surface area contributed by atoms with E-state index in [9.17, 15) is 9.90 Å². The predicted molar refractivity (Wildman–Crippen MR) is 74.4 cm³/mol. The highest BCUT2D eigenvalue weighted by molar-refractivity contribution is 5.71. The quantitative estimate of drug-likeness (QED) is 0.732. The molecule has 0 aromatic rings. The van der Waals surface area contributed by atoms with Gasteiger partial charge in [-0.25, -0.2) is 0 Å². The normalized spacial score (nSPS) is 22.4. The van der Waals surface area contributed by atoms with Gasteiger partial charge in [-0.2, -0.15) is 0 Å². The van der Waals surface area contributed by atoms with Crippen molar-refractivity contribution in [3.8, 4) is 0 Å². The lowest BCUT2D eigenvalue weighted by Crippen LogP contribution is -2.42. The average molecular weight is 255 g/mol. The molecule has 0 spiro atoms. The molecule has 3 heteroatoms. The summed E-state index contributed by atoms with van der Waals surface area (Å²) >= 11 is 0. The lowest BCUT2D eigenvalue weighted by atomic mass is 9.75. The minimum atomic E-state index is -0.682. The number of nitrogens with two attached hydrogens (primary N) is 1. The molecule has 106 valence electrons. The van der Waals surface area contributed by atoms with E-state index in [2.05, 4.69) is 13.8 Å². The molecule has 1 rings (SSSR count). The van der Waals surface area contributed by atoms with E-state index < -0.39 is 5.97 Å². The summed E-state index contributed by atoms with van der Waals surface area (Å²) in [4.78, 5) is 11.5. The van der Waals surface area contributed by atoms with Gasteiger partial charge in [0, 0.05) is 6.04 Å². The summed E-state index contributed by atoms with van der Waals surface area (Å²) in [5, 5.41) is 9.46. The predicted octanol–water partition coefficient (Wildman–Crippen LogP) is 3.42. The molecule has 0 radical (unpaired) electrons. The first kappa shape index (κ1) is 15.5. The van der Waals surface area contributed by atoms with Gasteiger partial charge in [-0.15, -0.1) is 0 Å². The van der Waals surface area contributed by atoms with Gasteiger partial charge in [0.2, 0.25) is 0 Å². The number of carboxylic acids is 1. The van der Waals surface area contributed by atoms with Gasteiger partial charge in [0.25, 0.3) is 0 Å². The highest BCUT2D eigenvalue weighted by Gasteiger charge is 2.34. The largest absolute Gasteiger partial charge is 0.481 e. The average Bonchev–Trinajstić information content (AvgIpc) is 2.30. The molecule has 0 aliphatic heterocycles. The van der Waals surface area contributed by atoms with Crippen molar-refractivity contribution in [3.05, 3.63) is 0 Å². The Hall–Kier alpha value is -0.570. The monoisotopic (exact) mass is 255 g/mol. The molecule has 2 unspecified atom stereocenters. The first-order valence-electron chi connectivity index (χ1n) is 7.54. The fraction of sp³-hybridized carbons (Fsp3) is 0.933. The molecule has 3 nitrogen and oxygen atoms in total. The van der Waals surface area contributed by atoms with Crippen molar-refractivity contribution in [2.45, 2.75) is 71.3 Å². The van der Waals surface area contributed by atoms with Gasteiger partial charge in [0.1, 0.15) is 0 Å². The molecule has 1 saturated carbocycles. The van der Waals surface area contributed by atoms with Gasteiger partial charge in [-0.3, -0.25) is 4.79 Å². The van der Waals surface area contributed by atoms with E-state index in [1.807, 2.05) is 0 Å². The van der Waals surface area contributed by atoms with Crippen molar-refractivity contribution < 1.29 is 9.90 Å². The summed E-state index contributed by atoms with van der Waals surface area (Å²) in [5.41, 5.74) is 6.20. The smallest absolute Gasteiger partial charge is 0.308 e. The topological polar surface area (TPSA) is 63.3 Å². The highest BCUT2D eigenvalue weighted by Crippen LogP contribution is 2.33. The van der Waals surface area contributed by atoms with Gasteiger partial charge < -0.3 is 10.8 Å². The standard InChI is InChI=1S/C15H29NO2/c1-3-7-11(2)10-13(16)14(15(17)18)12-8-5-4-6-9-12/h11-14H,3-10,16H2,1-2H3,(H,17,18)/t11?,13-,14?/m0/s1. The second kappa shape index (κ2) is 7.78. The van der Waals surface area contributed by atoms with Crippen LogP contribution in [0.2, 0.25) is 0 Å². The molecule has 1 aliphatic rings. The van der Waals surface area contributed by atoms with Crippen LogP contribution in [0, 0.1) is 17.8 Å². The molecule has 3 atom stereocenters. The summed E-state index contributed by atoms with van der Waals surface area (Å²) < 4.78 is 0. The van der Waals surface area contributed by atoms with E-state index >= 15 is 0 Å². The molecule has 0 heterocycles. The Bertz CT molecular complexity index is 249. The summed E-state index contributed by atoms with van der Waals surface area (Å²) in [5.74, 6) is -0.168. The van der Waals surface area contributed by atoms with Gasteiger partial charge in [-0.05, 0) is 31.1 Å². The molecule has 0 saturated heterocycles. The number of rotatable bonds is 7. The van der Waals surface area contributed by atoms with Crippen LogP contribution >= 0.6 is 0 Å². The minimum Gasteiger partial charge on any atom is -0.481 e. The van der Waals surface area contributed by atoms with Crippen LogP contribution in [0.3, 0.4) is 0 Å². The summed E-state index contributed by atoms with van der Waals surface area (Å²) in [6.07, 6.45) is 8.84. The van der Waals surface area contributed by atoms with Crippen LogP contribution in [0.4, 0.5) is 0 Å². The molecule has 0 aromatic heterocycles. The van der Waals surface area contributed by atoms with Crippen molar-refractivity contribution in [2.75, 3.05) is 0 Å². The maximum atomic E-state index is 11.5. The van der Waals surface area contributed by atoms with Crippen LogP contribution in [0.5, 0.6) is 0 Å². The second-order valence-corrected chi connectivity index (χ2v) is 6.06. The van der Waals surface area contributed by atoms with E-state index in [0.717, 1.165) is 32.1 Å². The number of aliphatic carboxylic acids is 1. The number of hydrogen-bond donors (Lipinski definition) is 2. The van der Waals surface area contributed by atoms with Crippen molar-refractivity contribution in [1.29, 1.82) is 0 Å². The van der Waals surface area contributed by atoms with Gasteiger partial charge in [0.05, 0.1) is 5.92 Å². The van der Waals surface area contributed by atoms with Crippen LogP contribution in [0.1, 0.15) is 65.2 Å². The highest BCUT2D eigenvalue weighted by atomic mass is 16.4. The molecule has 0 bridgehead atoms. The van der Waals surface area contributed by atoms with E-state index in [-0.39, 0.29) is 12.0 Å². The number of carbonyl (C=O) groups is 1.